The first-order chi connectivity index (χ1) is 15.9. The zero-order valence-corrected chi connectivity index (χ0v) is 19.9. The molecule has 200 valence electrons. The van der Waals surface area contributed by atoms with Crippen LogP contribution in [0.25, 0.3) is 0 Å². The predicted octanol–water partition coefficient (Wildman–Crippen LogP) is -2.95. The number of phosphoric acid groups is 3. The van der Waals surface area contributed by atoms with Crippen molar-refractivity contribution in [3.63, 3.8) is 0 Å². The van der Waals surface area contributed by atoms with Crippen LogP contribution >= 0.6 is 23.5 Å². The first-order valence-electron chi connectivity index (χ1n) is 8.80. The Morgan fingerprint density at radius 3 is 2.29 bits per heavy atom. The molecule has 1 aliphatic rings. The Hall–Kier alpha value is -1.76. The molecule has 2 heterocycles. The van der Waals surface area contributed by atoms with E-state index < -0.39 is 84.2 Å². The fourth-order valence-corrected chi connectivity index (χ4v) is 5.55. The highest BCUT2D eigenvalue weighted by atomic mass is 31.3. The summed E-state index contributed by atoms with van der Waals surface area (Å²) in [6.45, 7) is -1.86. The lowest BCUT2D eigenvalue weighted by Gasteiger charge is -2.19. The Kier molecular flexibility index (Phi) is 9.35. The van der Waals surface area contributed by atoms with E-state index in [1.54, 1.807) is 4.98 Å². The van der Waals surface area contributed by atoms with Gasteiger partial charge in [0.25, 0.3) is 5.56 Å². The first kappa shape index (κ1) is 29.5. The Morgan fingerprint density at radius 2 is 1.71 bits per heavy atom. The zero-order valence-electron chi connectivity index (χ0n) is 17.2. The number of esters is 1. The molecule has 1 fully saturated rings. The van der Waals surface area contributed by atoms with Gasteiger partial charge in [0.05, 0.1) is 19.9 Å². The van der Waals surface area contributed by atoms with Crippen molar-refractivity contribution in [2.75, 3.05) is 20.3 Å². The van der Waals surface area contributed by atoms with Gasteiger partial charge in [0, 0.05) is 0 Å². The molecule has 23 heteroatoms. The Morgan fingerprint density at radius 1 is 1.09 bits per heavy atom. The minimum atomic E-state index is -5.80. The maximum Gasteiger partial charge on any atom is 0.490 e. The molecule has 4 unspecified atom stereocenters. The van der Waals surface area contributed by atoms with Crippen LogP contribution in [0.4, 0.5) is 0 Å². The number of aliphatic hydroxyl groups is 2. The lowest BCUT2D eigenvalue weighted by Crippen LogP contribution is -2.38. The highest BCUT2D eigenvalue weighted by molar-refractivity contribution is 7.66. The number of ether oxygens (including phenoxy) is 3. The maximum atomic E-state index is 12.1. The van der Waals surface area contributed by atoms with E-state index in [-0.39, 0.29) is 0 Å². The average Bonchev–Trinajstić information content (AvgIpc) is 2.97. The van der Waals surface area contributed by atoms with E-state index in [0.717, 1.165) is 13.3 Å². The number of carbonyl (C=O) groups excluding carboxylic acids is 1. The third-order valence-electron chi connectivity index (χ3n) is 3.94. The fraction of sp³-hybridized carbons (Fsp3) is 0.583. The maximum absolute atomic E-state index is 12.1. The van der Waals surface area contributed by atoms with Gasteiger partial charge in [-0.15, -0.1) is 0 Å². The second kappa shape index (κ2) is 11.1. The van der Waals surface area contributed by atoms with Crippen molar-refractivity contribution in [2.24, 2.45) is 0 Å². The van der Waals surface area contributed by atoms with Crippen molar-refractivity contribution in [3.05, 3.63) is 27.0 Å². The number of aliphatic hydroxyl groups excluding tert-OH is 2. The molecule has 0 aromatic carbocycles. The van der Waals surface area contributed by atoms with Crippen LogP contribution in [0.5, 0.6) is 5.75 Å². The summed E-state index contributed by atoms with van der Waals surface area (Å²) in [7, 11) is -15.9. The summed E-state index contributed by atoms with van der Waals surface area (Å²) in [6.07, 6.45) is -6.54. The van der Waals surface area contributed by atoms with Crippen LogP contribution in [0.2, 0.25) is 0 Å². The van der Waals surface area contributed by atoms with Gasteiger partial charge >= 0.3 is 35.1 Å². The van der Waals surface area contributed by atoms with Crippen LogP contribution < -0.4 is 16.0 Å². The molecular weight excluding hydrogens is 553 g/mol. The van der Waals surface area contributed by atoms with Gasteiger partial charge in [-0.2, -0.15) is 8.62 Å². The van der Waals surface area contributed by atoms with Gasteiger partial charge < -0.3 is 44.0 Å². The van der Waals surface area contributed by atoms with Crippen LogP contribution in [0, 0.1) is 0 Å². The van der Waals surface area contributed by atoms with Gasteiger partial charge in [-0.25, -0.2) is 23.3 Å². The van der Waals surface area contributed by atoms with E-state index in [9.17, 15) is 43.2 Å². The number of rotatable bonds is 11. The van der Waals surface area contributed by atoms with Crippen LogP contribution in [0.15, 0.2) is 15.8 Å². The highest BCUT2D eigenvalue weighted by Gasteiger charge is 2.47. The molecule has 2 rings (SSSR count). The molecule has 20 nitrogen and oxygen atoms in total. The van der Waals surface area contributed by atoms with E-state index >= 15 is 0 Å². The third kappa shape index (κ3) is 8.40. The number of hydrogen-bond donors (Lipinski definition) is 7. The monoisotopic (exact) mass is 572 g/mol. The molecule has 0 amide bonds. The molecule has 1 saturated heterocycles. The summed E-state index contributed by atoms with van der Waals surface area (Å²) in [4.78, 5) is 72.5. The molecule has 7 N–H and O–H groups in total. The van der Waals surface area contributed by atoms with E-state index in [2.05, 4.69) is 17.9 Å². The fourth-order valence-electron chi connectivity index (χ4n) is 2.52. The number of nitrogens with one attached hydrogen (secondary N) is 1. The largest absolute Gasteiger partial charge is 0.490 e. The van der Waals surface area contributed by atoms with Gasteiger partial charge in [0.15, 0.2) is 12.8 Å². The van der Waals surface area contributed by atoms with Crippen LogP contribution in [0.1, 0.15) is 6.23 Å². The second-order valence-corrected chi connectivity index (χ2v) is 10.9. The smallest absolute Gasteiger partial charge is 0.475 e. The van der Waals surface area contributed by atoms with Gasteiger partial charge in [-0.05, 0) is 0 Å². The molecule has 0 saturated carbocycles. The molecule has 0 spiro atoms. The summed E-state index contributed by atoms with van der Waals surface area (Å²) >= 11 is 0. The summed E-state index contributed by atoms with van der Waals surface area (Å²) in [5.41, 5.74) is -2.22. The van der Waals surface area contributed by atoms with Gasteiger partial charge in [-0.1, -0.05) is 0 Å². The minimum Gasteiger partial charge on any atom is -0.475 e. The van der Waals surface area contributed by atoms with Gasteiger partial charge in [-0.3, -0.25) is 18.9 Å². The molecule has 1 aliphatic heterocycles. The Labute approximate surface area is 193 Å². The van der Waals surface area contributed by atoms with Crippen LogP contribution in [-0.2, 0) is 41.1 Å². The van der Waals surface area contributed by atoms with E-state index in [1.165, 1.54) is 0 Å². The number of aromatic amines is 1. The lowest BCUT2D eigenvalue weighted by atomic mass is 10.1. The quantitative estimate of drug-likeness (QED) is 0.103. The van der Waals surface area contributed by atoms with Crippen molar-refractivity contribution in [1.82, 2.24) is 9.55 Å². The van der Waals surface area contributed by atoms with Crippen molar-refractivity contribution in [1.29, 1.82) is 0 Å². The normalized spacial score (nSPS) is 26.0. The number of phosphoric ester groups is 1. The van der Waals surface area contributed by atoms with Crippen molar-refractivity contribution in [3.8, 4) is 5.75 Å². The minimum absolute atomic E-state index is 0.548. The second-order valence-electron chi connectivity index (χ2n) is 6.46. The lowest BCUT2D eigenvalue weighted by molar-refractivity contribution is -0.143. The molecule has 35 heavy (non-hydrogen) atoms. The molecule has 1 aromatic heterocycles. The standard InChI is InChI=1S/C12H19N2O18P3/c1-27-7(15)4-28-5-2-14(12(19)13-10(5)18)11-9(17)8(16)6(30-11)3-29-34(23,24)32-35(25,26)31-33(20,21)22/h2,6,8-9,11,16-17H,3-4H2,1H3,(H,23,24)(H,25,26)(H,13,18,19)(H2,20,21,22)/t6-,8?,9?,11-/m1/s1. The number of carbonyl (C=O) groups is 1. The van der Waals surface area contributed by atoms with E-state index in [0.29, 0.717) is 4.57 Å². The van der Waals surface area contributed by atoms with Crippen molar-refractivity contribution >= 4 is 29.4 Å². The average molecular weight is 572 g/mol. The third-order valence-corrected chi connectivity index (χ3v) is 7.74. The number of aromatic nitrogens is 2. The summed E-state index contributed by atoms with van der Waals surface area (Å²) in [5, 5.41) is 20.3. The van der Waals surface area contributed by atoms with Crippen LogP contribution in [0.3, 0.4) is 0 Å². The molecule has 1 aromatic rings. The van der Waals surface area contributed by atoms with Gasteiger partial charge in [0.1, 0.15) is 18.3 Å². The van der Waals surface area contributed by atoms with Crippen molar-refractivity contribution in [2.45, 2.75) is 24.5 Å². The summed E-state index contributed by atoms with van der Waals surface area (Å²) in [6, 6.07) is 0. The Balaban J connectivity index is 2.14. The van der Waals surface area contributed by atoms with Crippen molar-refractivity contribution < 1.29 is 75.6 Å². The van der Waals surface area contributed by atoms with E-state index in [1.807, 2.05) is 0 Å². The van der Waals surface area contributed by atoms with Crippen LogP contribution in [-0.4, -0.2) is 83.9 Å². The highest BCUT2D eigenvalue weighted by Crippen LogP contribution is 2.66. The molecule has 6 atom stereocenters. The van der Waals surface area contributed by atoms with Gasteiger partial charge in [0.2, 0.25) is 5.75 Å². The topological polar surface area (TPSA) is 300 Å². The summed E-state index contributed by atoms with van der Waals surface area (Å²) in [5.74, 6) is -1.46. The zero-order chi connectivity index (χ0) is 26.8. The molecule has 0 bridgehead atoms. The number of methoxy groups -OCH3 is 1. The predicted molar refractivity (Wildman–Crippen MR) is 105 cm³/mol. The number of hydrogen-bond acceptors (Lipinski definition) is 14. The van der Waals surface area contributed by atoms with E-state index in [4.69, 9.17) is 24.2 Å². The molecule has 0 aliphatic carbocycles. The molecule has 0 radical (unpaired) electrons. The first-order valence-corrected chi connectivity index (χ1v) is 13.3. The number of nitrogens with zero attached hydrogens (tertiary/aromatic N) is 1. The Bertz CT molecular complexity index is 1190. The molecular formula is C12H19N2O18P3. The summed E-state index contributed by atoms with van der Waals surface area (Å²) < 4.78 is 60.1. The number of H-pyrrole nitrogens is 1. The SMILES string of the molecule is COC(=O)COc1cn([C@@H]2O[C@H](COP(=O)(O)OP(=O)(O)OP(=O)(O)O)C(O)C2O)c(=O)[nH]c1=O.